The van der Waals surface area contributed by atoms with E-state index in [0.29, 0.717) is 0 Å². The van der Waals surface area contributed by atoms with Crippen LogP contribution in [0.5, 0.6) is 0 Å². The monoisotopic (exact) mass is 288 g/mol. The van der Waals surface area contributed by atoms with Gasteiger partial charge in [-0.25, -0.2) is 4.68 Å². The van der Waals surface area contributed by atoms with Gasteiger partial charge in [-0.1, -0.05) is 46.8 Å². The van der Waals surface area contributed by atoms with Crippen molar-refractivity contribution in [2.75, 3.05) is 0 Å². The maximum absolute atomic E-state index is 5.82. The molecule has 1 aromatic heterocycles. The molecule has 0 N–H and O–H groups in total. The van der Waals surface area contributed by atoms with Gasteiger partial charge < -0.3 is 0 Å². The van der Waals surface area contributed by atoms with E-state index in [-0.39, 0.29) is 0 Å². The van der Waals surface area contributed by atoms with E-state index >= 15 is 0 Å². The number of hydrogen-bond acceptors (Lipinski definition) is 4. The molecule has 0 amide bonds. The standard InChI is InChI=1S/C10H9ClN2S3/c1-13-10(14)16-9(12-13)15-6-7-2-4-8(11)5-3-7/h2-5H,6H2,1H3. The Labute approximate surface area is 112 Å². The van der Waals surface area contributed by atoms with Gasteiger partial charge in [0, 0.05) is 17.8 Å². The Morgan fingerprint density at radius 2 is 2.12 bits per heavy atom. The van der Waals surface area contributed by atoms with Crippen molar-refractivity contribution in [2.24, 2.45) is 7.05 Å². The van der Waals surface area contributed by atoms with Crippen LogP contribution in [0.25, 0.3) is 0 Å². The quantitative estimate of drug-likeness (QED) is 0.624. The van der Waals surface area contributed by atoms with Crippen LogP contribution >= 0.6 is 46.9 Å². The zero-order valence-corrected chi connectivity index (χ0v) is 11.7. The van der Waals surface area contributed by atoms with Crippen LogP contribution in [0.15, 0.2) is 28.6 Å². The minimum atomic E-state index is 0.766. The summed E-state index contributed by atoms with van der Waals surface area (Å²) >= 11 is 14.2. The topological polar surface area (TPSA) is 17.8 Å². The molecular formula is C10H9ClN2S3. The molecule has 0 atom stereocenters. The molecule has 0 aliphatic rings. The van der Waals surface area contributed by atoms with E-state index in [4.69, 9.17) is 23.8 Å². The minimum Gasteiger partial charge on any atom is -0.247 e. The summed E-state index contributed by atoms with van der Waals surface area (Å²) in [5, 5.41) is 5.08. The lowest BCUT2D eigenvalue weighted by atomic mass is 10.2. The summed E-state index contributed by atoms with van der Waals surface area (Å²) in [5.41, 5.74) is 1.23. The molecule has 2 nitrogen and oxygen atoms in total. The molecule has 2 rings (SSSR count). The maximum Gasteiger partial charge on any atom is 0.179 e. The number of aryl methyl sites for hydroxylation is 1. The number of halogens is 1. The highest BCUT2D eigenvalue weighted by atomic mass is 35.5. The van der Waals surface area contributed by atoms with E-state index in [0.717, 1.165) is 19.1 Å². The maximum atomic E-state index is 5.82. The number of hydrogen-bond donors (Lipinski definition) is 0. The third-order valence-electron chi connectivity index (χ3n) is 1.95. The van der Waals surface area contributed by atoms with Gasteiger partial charge in [0.15, 0.2) is 8.29 Å². The van der Waals surface area contributed by atoms with E-state index in [1.165, 1.54) is 5.56 Å². The van der Waals surface area contributed by atoms with Crippen molar-refractivity contribution in [2.45, 2.75) is 10.1 Å². The van der Waals surface area contributed by atoms with Crippen LogP contribution < -0.4 is 0 Å². The van der Waals surface area contributed by atoms with Gasteiger partial charge in [0.25, 0.3) is 0 Å². The summed E-state index contributed by atoms with van der Waals surface area (Å²) in [6.45, 7) is 0. The Balaban J connectivity index is 2.02. The Kier molecular flexibility index (Phi) is 4.02. The average molecular weight is 289 g/mol. The fraction of sp³-hybridized carbons (Fsp3) is 0.200. The normalized spacial score (nSPS) is 10.6. The second kappa shape index (κ2) is 5.31. The average Bonchev–Trinajstić information content (AvgIpc) is 2.58. The summed E-state index contributed by atoms with van der Waals surface area (Å²) < 4.78 is 3.53. The van der Waals surface area contributed by atoms with E-state index in [9.17, 15) is 0 Å². The molecule has 1 aromatic carbocycles. The molecule has 0 saturated heterocycles. The zero-order chi connectivity index (χ0) is 11.5. The molecule has 1 heterocycles. The Morgan fingerprint density at radius 1 is 1.44 bits per heavy atom. The molecule has 16 heavy (non-hydrogen) atoms. The predicted octanol–water partition coefficient (Wildman–Crippen LogP) is 4.16. The van der Waals surface area contributed by atoms with E-state index in [1.807, 2.05) is 31.3 Å². The lowest BCUT2D eigenvalue weighted by molar-refractivity contribution is 0.729. The SMILES string of the molecule is Cn1nc(SCc2ccc(Cl)cc2)sc1=S. The van der Waals surface area contributed by atoms with Crippen molar-refractivity contribution in [1.29, 1.82) is 0 Å². The minimum absolute atomic E-state index is 0.766. The van der Waals surface area contributed by atoms with Gasteiger partial charge in [-0.3, -0.25) is 0 Å². The number of thioether (sulfide) groups is 1. The van der Waals surface area contributed by atoms with Crippen LogP contribution in [0, 0.1) is 3.95 Å². The molecule has 0 spiro atoms. The molecule has 2 aromatic rings. The lowest BCUT2D eigenvalue weighted by Gasteiger charge is -1.98. The first-order valence-corrected chi connectivity index (χ1v) is 7.15. The van der Waals surface area contributed by atoms with Gasteiger partial charge in [0.2, 0.25) is 0 Å². The van der Waals surface area contributed by atoms with E-state index < -0.39 is 0 Å². The second-order valence-electron chi connectivity index (χ2n) is 3.17. The van der Waals surface area contributed by atoms with Crippen molar-refractivity contribution in [3.8, 4) is 0 Å². The number of rotatable bonds is 3. The predicted molar refractivity (Wildman–Crippen MR) is 72.9 cm³/mol. The van der Waals surface area contributed by atoms with Crippen LogP contribution in [0.4, 0.5) is 0 Å². The third-order valence-corrected chi connectivity index (χ3v) is 4.82. The van der Waals surface area contributed by atoms with Gasteiger partial charge in [0.1, 0.15) is 0 Å². The van der Waals surface area contributed by atoms with Crippen molar-refractivity contribution in [1.82, 2.24) is 9.78 Å². The fourth-order valence-electron chi connectivity index (χ4n) is 1.11. The van der Waals surface area contributed by atoms with Crippen molar-refractivity contribution < 1.29 is 0 Å². The summed E-state index contributed by atoms with van der Waals surface area (Å²) in [6.07, 6.45) is 0. The molecule has 0 saturated carbocycles. The van der Waals surface area contributed by atoms with Gasteiger partial charge >= 0.3 is 0 Å². The van der Waals surface area contributed by atoms with E-state index in [2.05, 4.69) is 5.10 Å². The molecule has 0 aliphatic heterocycles. The smallest absolute Gasteiger partial charge is 0.179 e. The first kappa shape index (κ1) is 12.1. The first-order valence-electron chi connectivity index (χ1n) is 4.56. The molecule has 84 valence electrons. The highest BCUT2D eigenvalue weighted by Crippen LogP contribution is 2.25. The van der Waals surface area contributed by atoms with Gasteiger partial charge in [-0.15, -0.1) is 0 Å². The van der Waals surface area contributed by atoms with Crippen LogP contribution in [0.1, 0.15) is 5.56 Å². The van der Waals surface area contributed by atoms with Crippen molar-refractivity contribution in [3.05, 3.63) is 38.8 Å². The van der Waals surface area contributed by atoms with Gasteiger partial charge in [-0.2, -0.15) is 5.10 Å². The number of nitrogens with zero attached hydrogens (tertiary/aromatic N) is 2. The summed E-state index contributed by atoms with van der Waals surface area (Å²) in [6, 6.07) is 7.85. The molecule has 0 aliphatic carbocycles. The van der Waals surface area contributed by atoms with E-state index in [1.54, 1.807) is 27.8 Å². The molecule has 0 unspecified atom stereocenters. The van der Waals surface area contributed by atoms with Crippen LogP contribution in [-0.2, 0) is 12.8 Å². The third kappa shape index (κ3) is 3.07. The molecule has 0 radical (unpaired) electrons. The van der Waals surface area contributed by atoms with Crippen molar-refractivity contribution >= 4 is 46.9 Å². The Morgan fingerprint density at radius 3 is 2.69 bits per heavy atom. The second-order valence-corrected chi connectivity index (χ2v) is 6.45. The molecule has 0 bridgehead atoms. The highest BCUT2D eigenvalue weighted by Gasteiger charge is 2.02. The van der Waals surface area contributed by atoms with Crippen LogP contribution in [0.3, 0.4) is 0 Å². The molecule has 0 fully saturated rings. The summed E-state index contributed by atoms with van der Waals surface area (Å²) in [7, 11) is 1.87. The first-order chi connectivity index (χ1) is 7.65. The Hall–Kier alpha value is -0.360. The summed E-state index contributed by atoms with van der Waals surface area (Å²) in [5.74, 6) is 0.888. The number of benzene rings is 1. The van der Waals surface area contributed by atoms with Gasteiger partial charge in [0.05, 0.1) is 0 Å². The Bertz CT molecular complexity index is 530. The number of aromatic nitrogens is 2. The molecular weight excluding hydrogens is 280 g/mol. The zero-order valence-electron chi connectivity index (χ0n) is 8.51. The van der Waals surface area contributed by atoms with Crippen LogP contribution in [-0.4, -0.2) is 9.78 Å². The van der Waals surface area contributed by atoms with Crippen LogP contribution in [0.2, 0.25) is 5.02 Å². The highest BCUT2D eigenvalue weighted by molar-refractivity contribution is 8.00. The van der Waals surface area contributed by atoms with Gasteiger partial charge in [-0.05, 0) is 29.9 Å². The fourth-order valence-corrected chi connectivity index (χ4v) is 3.47. The molecule has 6 heteroatoms. The largest absolute Gasteiger partial charge is 0.247 e. The van der Waals surface area contributed by atoms with Crippen molar-refractivity contribution in [3.63, 3.8) is 0 Å². The lowest BCUT2D eigenvalue weighted by Crippen LogP contribution is -1.89. The summed E-state index contributed by atoms with van der Waals surface area (Å²) in [4.78, 5) is 0.